The van der Waals surface area contributed by atoms with Gasteiger partial charge in [-0.05, 0) is 37.0 Å². The molecule has 1 aromatic rings. The summed E-state index contributed by atoms with van der Waals surface area (Å²) in [5.74, 6) is 0.746. The summed E-state index contributed by atoms with van der Waals surface area (Å²) >= 11 is 5.21. The van der Waals surface area contributed by atoms with Gasteiger partial charge in [0.25, 0.3) is 0 Å². The van der Waals surface area contributed by atoms with Gasteiger partial charge in [-0.3, -0.25) is 0 Å². The molecular weight excluding hydrogens is 298 g/mol. The van der Waals surface area contributed by atoms with Crippen molar-refractivity contribution in [2.24, 2.45) is 0 Å². The van der Waals surface area contributed by atoms with Crippen LogP contribution in [0.15, 0.2) is 18.2 Å². The number of ether oxygens (including phenoxy) is 1. The quantitative estimate of drug-likeness (QED) is 0.542. The van der Waals surface area contributed by atoms with E-state index in [2.05, 4.69) is 33.8 Å². The van der Waals surface area contributed by atoms with Crippen LogP contribution >= 0.6 is 12.2 Å². The highest BCUT2D eigenvalue weighted by Crippen LogP contribution is 2.36. The predicted molar refractivity (Wildman–Crippen MR) is 92.8 cm³/mol. The van der Waals surface area contributed by atoms with Gasteiger partial charge in [0.05, 0.1) is 14.2 Å². The molecule has 5 heteroatoms. The molecule has 0 spiro atoms. The maximum atomic E-state index is 5.82. The molecule has 0 saturated heterocycles. The van der Waals surface area contributed by atoms with Gasteiger partial charge in [0.2, 0.25) is 0 Å². The fourth-order valence-electron chi connectivity index (χ4n) is 2.37. The molecule has 124 valence electrons. The molecule has 0 amide bonds. The maximum absolute atomic E-state index is 5.82. The van der Waals surface area contributed by atoms with Crippen molar-refractivity contribution in [3.05, 3.63) is 29.3 Å². The maximum Gasteiger partial charge on any atom is 0.315 e. The second-order valence-electron chi connectivity index (χ2n) is 5.98. The molecule has 0 bridgehead atoms. The van der Waals surface area contributed by atoms with E-state index >= 15 is 0 Å². The summed E-state index contributed by atoms with van der Waals surface area (Å²) in [6.45, 7) is 8.75. The monoisotopic (exact) mass is 325 g/mol. The van der Waals surface area contributed by atoms with E-state index in [9.17, 15) is 0 Å². The molecule has 4 nitrogen and oxygen atoms in total. The minimum absolute atomic E-state index is 0.0119. The van der Waals surface area contributed by atoms with E-state index in [4.69, 9.17) is 26.6 Å². The van der Waals surface area contributed by atoms with E-state index in [0.717, 1.165) is 23.0 Å². The molecule has 0 N–H and O–H groups in total. The van der Waals surface area contributed by atoms with Crippen LogP contribution < -0.4 is 4.74 Å². The van der Waals surface area contributed by atoms with Gasteiger partial charge in [0.1, 0.15) is 5.75 Å². The zero-order valence-electron chi connectivity index (χ0n) is 14.4. The molecule has 0 heterocycles. The van der Waals surface area contributed by atoms with Crippen molar-refractivity contribution in [1.29, 1.82) is 0 Å². The van der Waals surface area contributed by atoms with Crippen LogP contribution in [0.25, 0.3) is 0 Å². The average Bonchev–Trinajstić information content (AvgIpc) is 2.48. The second-order valence-corrected chi connectivity index (χ2v) is 6.33. The zero-order valence-corrected chi connectivity index (χ0v) is 15.3. The smallest absolute Gasteiger partial charge is 0.315 e. The number of hydroxylamine groups is 2. The highest BCUT2D eigenvalue weighted by molar-refractivity contribution is 7.80. The molecular formula is C17H27NO3S. The summed E-state index contributed by atoms with van der Waals surface area (Å²) in [6, 6.07) is 6.13. The van der Waals surface area contributed by atoms with Crippen molar-refractivity contribution < 1.29 is 14.4 Å². The van der Waals surface area contributed by atoms with Crippen LogP contribution in [0.4, 0.5) is 0 Å². The van der Waals surface area contributed by atoms with Crippen molar-refractivity contribution in [3.8, 4) is 5.75 Å². The Labute approximate surface area is 139 Å². The number of thiocarbonyl (C=S) groups is 1. The molecule has 1 aromatic carbocycles. The Bertz CT molecular complexity index is 499. The summed E-state index contributed by atoms with van der Waals surface area (Å²) in [7, 11) is 2.95. The lowest BCUT2D eigenvalue weighted by Crippen LogP contribution is -2.32. The minimum atomic E-state index is 0.0119. The summed E-state index contributed by atoms with van der Waals surface area (Å²) in [6.07, 6.45) is 3.44. The first-order valence-electron chi connectivity index (χ1n) is 7.57. The molecule has 0 aliphatic carbocycles. The van der Waals surface area contributed by atoms with Crippen molar-refractivity contribution >= 4 is 17.4 Å². The first-order valence-corrected chi connectivity index (χ1v) is 7.97. The lowest BCUT2D eigenvalue weighted by Gasteiger charge is -2.28. The molecule has 0 aliphatic heterocycles. The molecule has 0 radical (unpaired) electrons. The standard InChI is InChI=1S/C17H27NO3S/c1-7-8-11-17(3,4)14-12-13(2)9-10-15(14)21-16(22)18(19-5)20-6/h9-10,12H,7-8,11H2,1-6H3. The van der Waals surface area contributed by atoms with Gasteiger partial charge in [0.15, 0.2) is 0 Å². The fraction of sp³-hybridized carbons (Fsp3) is 0.588. The van der Waals surface area contributed by atoms with E-state index in [1.807, 2.05) is 12.1 Å². The molecule has 22 heavy (non-hydrogen) atoms. The van der Waals surface area contributed by atoms with Crippen molar-refractivity contribution in [1.82, 2.24) is 5.23 Å². The number of benzene rings is 1. The van der Waals surface area contributed by atoms with E-state index < -0.39 is 0 Å². The molecule has 0 saturated carbocycles. The Hall–Kier alpha value is -1.17. The summed E-state index contributed by atoms with van der Waals surface area (Å²) < 4.78 is 5.82. The van der Waals surface area contributed by atoms with Gasteiger partial charge in [-0.25, -0.2) is 9.68 Å². The van der Waals surface area contributed by atoms with Gasteiger partial charge in [-0.2, -0.15) is 0 Å². The lowest BCUT2D eigenvalue weighted by atomic mass is 9.79. The summed E-state index contributed by atoms with van der Waals surface area (Å²) in [5.41, 5.74) is 2.36. The third-order valence-corrected chi connectivity index (χ3v) is 3.93. The van der Waals surface area contributed by atoms with Crippen LogP contribution in [0.1, 0.15) is 51.2 Å². The summed E-state index contributed by atoms with van der Waals surface area (Å²) in [4.78, 5) is 9.98. The van der Waals surface area contributed by atoms with Gasteiger partial charge < -0.3 is 4.74 Å². The Morgan fingerprint density at radius 2 is 1.86 bits per heavy atom. The molecule has 0 aromatic heterocycles. The second kappa shape index (κ2) is 8.46. The first kappa shape index (κ1) is 18.9. The summed E-state index contributed by atoms with van der Waals surface area (Å²) in [5, 5.41) is 1.19. The number of rotatable bonds is 7. The molecule has 1 rings (SSSR count). The van der Waals surface area contributed by atoms with Crippen LogP contribution in [-0.4, -0.2) is 24.6 Å². The third kappa shape index (κ3) is 4.93. The van der Waals surface area contributed by atoms with Crippen LogP contribution in [0.5, 0.6) is 5.75 Å². The van der Waals surface area contributed by atoms with Gasteiger partial charge in [-0.15, -0.1) is 0 Å². The number of hydrogen-bond acceptors (Lipinski definition) is 4. The Morgan fingerprint density at radius 3 is 2.41 bits per heavy atom. The van der Waals surface area contributed by atoms with Gasteiger partial charge in [-0.1, -0.05) is 56.5 Å². The Morgan fingerprint density at radius 1 is 1.23 bits per heavy atom. The van der Waals surface area contributed by atoms with E-state index in [-0.39, 0.29) is 10.6 Å². The van der Waals surface area contributed by atoms with Crippen LogP contribution in [0.2, 0.25) is 0 Å². The van der Waals surface area contributed by atoms with Crippen LogP contribution in [0, 0.1) is 6.92 Å². The highest BCUT2D eigenvalue weighted by atomic mass is 32.1. The molecule has 0 atom stereocenters. The van der Waals surface area contributed by atoms with Crippen molar-refractivity contribution in [2.45, 2.75) is 52.4 Å². The topological polar surface area (TPSA) is 30.9 Å². The lowest BCUT2D eigenvalue weighted by molar-refractivity contribution is -0.292. The normalized spacial score (nSPS) is 11.4. The third-order valence-electron chi connectivity index (χ3n) is 3.70. The largest absolute Gasteiger partial charge is 0.428 e. The van der Waals surface area contributed by atoms with Crippen LogP contribution in [-0.2, 0) is 15.1 Å². The molecule has 0 aliphatic rings. The minimum Gasteiger partial charge on any atom is -0.428 e. The van der Waals surface area contributed by atoms with Gasteiger partial charge in [0, 0.05) is 5.56 Å². The van der Waals surface area contributed by atoms with Crippen LogP contribution in [0.3, 0.4) is 0 Å². The average molecular weight is 325 g/mol. The van der Waals surface area contributed by atoms with Crippen molar-refractivity contribution in [3.63, 3.8) is 0 Å². The number of unbranched alkanes of at least 4 members (excludes halogenated alkanes) is 1. The molecule has 0 unspecified atom stereocenters. The number of hydrogen-bond donors (Lipinski definition) is 0. The van der Waals surface area contributed by atoms with E-state index in [1.54, 1.807) is 0 Å². The number of nitrogens with zero attached hydrogens (tertiary/aromatic N) is 1. The Kier molecular flexibility index (Phi) is 7.26. The SMILES string of the molecule is CCCCC(C)(C)c1cc(C)ccc1OC(=S)N(OC)OC. The number of aryl methyl sites for hydroxylation is 1. The van der Waals surface area contributed by atoms with E-state index in [1.165, 1.54) is 32.6 Å². The first-order chi connectivity index (χ1) is 10.4. The highest BCUT2D eigenvalue weighted by Gasteiger charge is 2.25. The van der Waals surface area contributed by atoms with Crippen molar-refractivity contribution in [2.75, 3.05) is 14.2 Å². The van der Waals surface area contributed by atoms with E-state index in [0.29, 0.717) is 0 Å². The molecule has 0 fully saturated rings. The Balaban J connectivity index is 3.07. The predicted octanol–water partition coefficient (Wildman–Crippen LogP) is 4.55. The zero-order chi connectivity index (χ0) is 16.8. The fourth-order valence-corrected chi connectivity index (χ4v) is 2.61. The van der Waals surface area contributed by atoms with Gasteiger partial charge >= 0.3 is 5.17 Å².